The predicted octanol–water partition coefficient (Wildman–Crippen LogP) is 2.66. The van der Waals surface area contributed by atoms with Gasteiger partial charge in [-0.3, -0.25) is 4.79 Å². The first-order valence-corrected chi connectivity index (χ1v) is 4.45. The maximum absolute atomic E-state index is 10.9. The van der Waals surface area contributed by atoms with Crippen LogP contribution in [0.1, 0.15) is 13.8 Å². The molecule has 1 aliphatic rings. The second kappa shape index (κ2) is 2.93. The highest BCUT2D eigenvalue weighted by atomic mass is 35.5. The molecular formula is C8H10Cl2O2. The van der Waals surface area contributed by atoms with Crippen LogP contribution in [0.4, 0.5) is 0 Å². The normalized spacial score (nSPS) is 39.0. The molecule has 0 radical (unpaired) electrons. The molecule has 0 amide bonds. The van der Waals surface area contributed by atoms with Crippen LogP contribution in [0.3, 0.4) is 0 Å². The number of hydrogen-bond acceptors (Lipinski definition) is 1. The average Bonchev–Trinajstić information content (AvgIpc) is 2.41. The van der Waals surface area contributed by atoms with Crippen molar-refractivity contribution >= 4 is 29.2 Å². The summed E-state index contributed by atoms with van der Waals surface area (Å²) in [5, 5.41) is 8.93. The van der Waals surface area contributed by atoms with E-state index < -0.39 is 11.4 Å². The van der Waals surface area contributed by atoms with Crippen molar-refractivity contribution in [3.05, 3.63) is 10.6 Å². The third kappa shape index (κ3) is 1.23. The van der Waals surface area contributed by atoms with Crippen molar-refractivity contribution in [1.82, 2.24) is 0 Å². The number of carbonyl (C=O) groups is 1. The SMILES string of the molecule is C[C@H]1[C@H](C)C1(C=C(Cl)Cl)C(=O)O. The van der Waals surface area contributed by atoms with Crippen molar-refractivity contribution in [3.63, 3.8) is 0 Å². The van der Waals surface area contributed by atoms with Gasteiger partial charge < -0.3 is 5.11 Å². The molecule has 0 saturated heterocycles. The van der Waals surface area contributed by atoms with E-state index in [2.05, 4.69) is 0 Å². The molecule has 1 saturated carbocycles. The van der Waals surface area contributed by atoms with Crippen LogP contribution in [0, 0.1) is 17.3 Å². The van der Waals surface area contributed by atoms with Crippen LogP contribution in [-0.4, -0.2) is 11.1 Å². The smallest absolute Gasteiger partial charge is 0.314 e. The van der Waals surface area contributed by atoms with Gasteiger partial charge in [0.05, 0.1) is 5.41 Å². The van der Waals surface area contributed by atoms with Gasteiger partial charge in [-0.25, -0.2) is 0 Å². The monoisotopic (exact) mass is 208 g/mol. The Balaban J connectivity index is 2.94. The van der Waals surface area contributed by atoms with Crippen LogP contribution < -0.4 is 0 Å². The van der Waals surface area contributed by atoms with Crippen molar-refractivity contribution in [2.45, 2.75) is 13.8 Å². The zero-order chi connectivity index (χ0) is 9.52. The molecule has 1 rings (SSSR count). The van der Waals surface area contributed by atoms with Gasteiger partial charge in [-0.2, -0.15) is 0 Å². The number of carboxylic acids is 1. The van der Waals surface area contributed by atoms with E-state index in [1.54, 1.807) is 0 Å². The quantitative estimate of drug-likeness (QED) is 0.758. The van der Waals surface area contributed by atoms with Gasteiger partial charge in [0, 0.05) is 0 Å². The molecule has 1 fully saturated rings. The third-order valence-electron chi connectivity index (χ3n) is 2.87. The van der Waals surface area contributed by atoms with Gasteiger partial charge in [0.15, 0.2) is 0 Å². The first-order valence-electron chi connectivity index (χ1n) is 3.70. The Morgan fingerprint density at radius 3 is 1.92 bits per heavy atom. The molecule has 1 aliphatic carbocycles. The Kier molecular flexibility index (Phi) is 2.41. The summed E-state index contributed by atoms with van der Waals surface area (Å²) < 4.78 is 0.0357. The lowest BCUT2D eigenvalue weighted by Gasteiger charge is -2.04. The highest BCUT2D eigenvalue weighted by Crippen LogP contribution is 2.60. The van der Waals surface area contributed by atoms with E-state index in [1.807, 2.05) is 13.8 Å². The molecule has 4 heteroatoms. The van der Waals surface area contributed by atoms with Crippen LogP contribution in [0.15, 0.2) is 10.6 Å². The fourth-order valence-corrected chi connectivity index (χ4v) is 2.06. The molecule has 0 aliphatic heterocycles. The van der Waals surface area contributed by atoms with E-state index in [4.69, 9.17) is 28.3 Å². The Labute approximate surface area is 81.2 Å². The van der Waals surface area contributed by atoms with E-state index in [1.165, 1.54) is 6.08 Å². The minimum Gasteiger partial charge on any atom is -0.481 e. The zero-order valence-electron chi connectivity index (χ0n) is 6.84. The molecule has 0 heterocycles. The molecule has 12 heavy (non-hydrogen) atoms. The number of rotatable bonds is 2. The number of carboxylic acid groups (broad SMARTS) is 1. The molecule has 0 spiro atoms. The Hall–Kier alpha value is -0.210. The summed E-state index contributed by atoms with van der Waals surface area (Å²) in [4.78, 5) is 10.9. The van der Waals surface area contributed by atoms with Crippen LogP contribution in [0.5, 0.6) is 0 Å². The average molecular weight is 209 g/mol. The van der Waals surface area contributed by atoms with Gasteiger partial charge >= 0.3 is 5.97 Å². The zero-order valence-corrected chi connectivity index (χ0v) is 8.36. The largest absolute Gasteiger partial charge is 0.481 e. The van der Waals surface area contributed by atoms with Gasteiger partial charge in [0.25, 0.3) is 0 Å². The number of aliphatic carboxylic acids is 1. The summed E-state index contributed by atoms with van der Waals surface area (Å²) in [5.74, 6) is -0.619. The highest BCUT2D eigenvalue weighted by Gasteiger charge is 2.63. The minimum absolute atomic E-state index is 0.0357. The summed E-state index contributed by atoms with van der Waals surface area (Å²) >= 11 is 10.9. The molecule has 0 aromatic carbocycles. The molecule has 1 N–H and O–H groups in total. The van der Waals surface area contributed by atoms with Gasteiger partial charge in [0.1, 0.15) is 4.49 Å². The van der Waals surface area contributed by atoms with E-state index in [0.29, 0.717) is 0 Å². The van der Waals surface area contributed by atoms with Gasteiger partial charge in [-0.15, -0.1) is 0 Å². The second-order valence-electron chi connectivity index (χ2n) is 3.25. The first kappa shape index (κ1) is 9.87. The van der Waals surface area contributed by atoms with Crippen molar-refractivity contribution in [1.29, 1.82) is 0 Å². The lowest BCUT2D eigenvalue weighted by Crippen LogP contribution is -2.15. The third-order valence-corrected chi connectivity index (χ3v) is 3.08. The lowest BCUT2D eigenvalue weighted by atomic mass is 10.0. The molecule has 0 aromatic rings. The Bertz CT molecular complexity index is 235. The topological polar surface area (TPSA) is 37.3 Å². The second-order valence-corrected chi connectivity index (χ2v) is 4.26. The van der Waals surface area contributed by atoms with Crippen LogP contribution >= 0.6 is 23.2 Å². The summed E-state index contributed by atoms with van der Waals surface area (Å²) in [6.45, 7) is 3.76. The molecule has 0 unspecified atom stereocenters. The fourth-order valence-electron chi connectivity index (χ4n) is 1.70. The van der Waals surface area contributed by atoms with Crippen LogP contribution in [0.2, 0.25) is 0 Å². The summed E-state index contributed by atoms with van der Waals surface area (Å²) in [6.07, 6.45) is 1.42. The van der Waals surface area contributed by atoms with E-state index in [0.717, 1.165) is 0 Å². The lowest BCUT2D eigenvalue weighted by molar-refractivity contribution is -0.142. The fraction of sp³-hybridized carbons (Fsp3) is 0.625. The maximum Gasteiger partial charge on any atom is 0.314 e. The summed E-state index contributed by atoms with van der Waals surface area (Å²) in [5.41, 5.74) is -0.821. The highest BCUT2D eigenvalue weighted by molar-refractivity contribution is 6.56. The first-order chi connectivity index (χ1) is 5.43. The molecule has 68 valence electrons. The number of hydrogen-bond donors (Lipinski definition) is 1. The summed E-state index contributed by atoms with van der Waals surface area (Å²) in [7, 11) is 0. The molecule has 2 atom stereocenters. The van der Waals surface area contributed by atoms with Gasteiger partial charge in [-0.05, 0) is 17.9 Å². The Morgan fingerprint density at radius 2 is 1.83 bits per heavy atom. The standard InChI is InChI=1S/C8H10Cl2O2/c1-4-5(2)8(4,7(11)12)3-6(9)10/h3-5H,1-2H3,(H,11,12)/t4-,5-/m0/s1. The molecule has 0 bridgehead atoms. The van der Waals surface area contributed by atoms with E-state index in [9.17, 15) is 4.79 Å². The minimum atomic E-state index is -0.846. The van der Waals surface area contributed by atoms with Crippen molar-refractivity contribution in [3.8, 4) is 0 Å². The van der Waals surface area contributed by atoms with Crippen molar-refractivity contribution in [2.75, 3.05) is 0 Å². The van der Waals surface area contributed by atoms with Crippen LogP contribution in [0.25, 0.3) is 0 Å². The molecule has 2 nitrogen and oxygen atoms in total. The van der Waals surface area contributed by atoms with E-state index in [-0.39, 0.29) is 16.3 Å². The molecular weight excluding hydrogens is 199 g/mol. The molecule has 0 aromatic heterocycles. The van der Waals surface area contributed by atoms with Crippen LogP contribution in [-0.2, 0) is 4.79 Å². The Morgan fingerprint density at radius 1 is 1.42 bits per heavy atom. The maximum atomic E-state index is 10.9. The van der Waals surface area contributed by atoms with Crippen molar-refractivity contribution < 1.29 is 9.90 Å². The van der Waals surface area contributed by atoms with E-state index >= 15 is 0 Å². The van der Waals surface area contributed by atoms with Gasteiger partial charge in [-0.1, -0.05) is 37.0 Å². The van der Waals surface area contributed by atoms with Gasteiger partial charge in [0.2, 0.25) is 0 Å². The summed E-state index contributed by atoms with van der Waals surface area (Å²) in [6, 6.07) is 0. The number of halogens is 2. The predicted molar refractivity (Wildman–Crippen MR) is 48.2 cm³/mol. The van der Waals surface area contributed by atoms with Crippen molar-refractivity contribution in [2.24, 2.45) is 17.3 Å².